The predicted molar refractivity (Wildman–Crippen MR) is 80.1 cm³/mol. The molecule has 0 saturated heterocycles. The van der Waals surface area contributed by atoms with Crippen molar-refractivity contribution in [1.29, 1.82) is 0 Å². The molecular weight excluding hydrogens is 264 g/mol. The molecule has 1 N–H and O–H groups in total. The molecular formula is C17H12N2O2. The monoisotopic (exact) mass is 276 g/mol. The second-order valence-corrected chi connectivity index (χ2v) is 4.90. The van der Waals surface area contributed by atoms with Crippen molar-refractivity contribution in [3.05, 3.63) is 70.5 Å². The Bertz CT molecular complexity index is 869. The SMILES string of the molecule is O=c1[nH]c(-c2ccccc2)nc2c1OCc1ccccc1-2. The van der Waals surface area contributed by atoms with E-state index in [4.69, 9.17) is 4.74 Å². The molecule has 3 aromatic rings. The minimum absolute atomic E-state index is 0.242. The zero-order valence-electron chi connectivity index (χ0n) is 11.2. The van der Waals surface area contributed by atoms with Crippen LogP contribution in [0.4, 0.5) is 0 Å². The van der Waals surface area contributed by atoms with Crippen LogP contribution in [0.5, 0.6) is 5.75 Å². The third kappa shape index (κ3) is 1.92. The van der Waals surface area contributed by atoms with Crippen LogP contribution in [-0.2, 0) is 6.61 Å². The molecule has 2 heterocycles. The Kier molecular flexibility index (Phi) is 2.60. The van der Waals surface area contributed by atoms with Gasteiger partial charge in [-0.25, -0.2) is 4.98 Å². The topological polar surface area (TPSA) is 55.0 Å². The van der Waals surface area contributed by atoms with E-state index >= 15 is 0 Å². The van der Waals surface area contributed by atoms with Gasteiger partial charge >= 0.3 is 0 Å². The number of hydrogen-bond acceptors (Lipinski definition) is 3. The average molecular weight is 276 g/mol. The number of rotatable bonds is 1. The van der Waals surface area contributed by atoms with Gasteiger partial charge in [0.2, 0.25) is 5.75 Å². The lowest BCUT2D eigenvalue weighted by Gasteiger charge is -2.19. The number of hydrogen-bond donors (Lipinski definition) is 1. The first kappa shape index (κ1) is 11.9. The van der Waals surface area contributed by atoms with Crippen molar-refractivity contribution in [3.63, 3.8) is 0 Å². The minimum atomic E-state index is -0.242. The van der Waals surface area contributed by atoms with Crippen molar-refractivity contribution < 1.29 is 4.74 Å². The molecule has 2 aromatic carbocycles. The van der Waals surface area contributed by atoms with E-state index in [-0.39, 0.29) is 5.56 Å². The molecule has 4 rings (SSSR count). The first-order valence-electron chi connectivity index (χ1n) is 6.74. The van der Waals surface area contributed by atoms with Crippen LogP contribution < -0.4 is 10.3 Å². The quantitative estimate of drug-likeness (QED) is 0.743. The fraction of sp³-hybridized carbons (Fsp3) is 0.0588. The summed E-state index contributed by atoms with van der Waals surface area (Å²) >= 11 is 0. The number of aromatic nitrogens is 2. The summed E-state index contributed by atoms with van der Waals surface area (Å²) < 4.78 is 5.57. The van der Waals surface area contributed by atoms with Crippen molar-refractivity contribution >= 4 is 0 Å². The van der Waals surface area contributed by atoms with Gasteiger partial charge in [-0.1, -0.05) is 54.6 Å². The van der Waals surface area contributed by atoms with E-state index in [0.717, 1.165) is 16.7 Å². The van der Waals surface area contributed by atoms with Crippen molar-refractivity contribution in [1.82, 2.24) is 9.97 Å². The van der Waals surface area contributed by atoms with Crippen LogP contribution in [0.3, 0.4) is 0 Å². The predicted octanol–water partition coefficient (Wildman–Crippen LogP) is 3.00. The zero-order valence-corrected chi connectivity index (χ0v) is 11.2. The van der Waals surface area contributed by atoms with Crippen LogP contribution in [0.2, 0.25) is 0 Å². The molecule has 0 saturated carbocycles. The second kappa shape index (κ2) is 4.59. The van der Waals surface area contributed by atoms with Crippen LogP contribution in [0.25, 0.3) is 22.6 Å². The minimum Gasteiger partial charge on any atom is -0.481 e. The fourth-order valence-electron chi connectivity index (χ4n) is 2.54. The molecule has 1 aromatic heterocycles. The Balaban J connectivity index is 1.97. The summed E-state index contributed by atoms with van der Waals surface area (Å²) in [5, 5.41) is 0. The van der Waals surface area contributed by atoms with Crippen molar-refractivity contribution in [2.45, 2.75) is 6.61 Å². The first-order chi connectivity index (χ1) is 10.3. The largest absolute Gasteiger partial charge is 0.481 e. The number of H-pyrrole nitrogens is 1. The number of nitrogens with one attached hydrogen (secondary N) is 1. The summed E-state index contributed by atoms with van der Waals surface area (Å²) in [4.78, 5) is 19.6. The molecule has 0 radical (unpaired) electrons. The fourth-order valence-corrected chi connectivity index (χ4v) is 2.54. The van der Waals surface area contributed by atoms with Gasteiger partial charge in [-0.05, 0) is 5.56 Å². The molecule has 102 valence electrons. The van der Waals surface area contributed by atoms with Crippen molar-refractivity contribution in [2.24, 2.45) is 0 Å². The summed E-state index contributed by atoms with van der Waals surface area (Å²) in [5.74, 6) is 0.855. The highest BCUT2D eigenvalue weighted by atomic mass is 16.5. The number of aromatic amines is 1. The molecule has 21 heavy (non-hydrogen) atoms. The van der Waals surface area contributed by atoms with Crippen LogP contribution in [0, 0.1) is 0 Å². The van der Waals surface area contributed by atoms with Crippen LogP contribution >= 0.6 is 0 Å². The third-order valence-electron chi connectivity index (χ3n) is 3.57. The maximum Gasteiger partial charge on any atom is 0.294 e. The normalized spacial score (nSPS) is 12.2. The number of fused-ring (bicyclic) bond motifs is 3. The van der Waals surface area contributed by atoms with Gasteiger partial charge < -0.3 is 9.72 Å². The highest BCUT2D eigenvalue weighted by Crippen LogP contribution is 2.34. The molecule has 1 aliphatic heterocycles. The van der Waals surface area contributed by atoms with Gasteiger partial charge in [0.05, 0.1) is 0 Å². The molecule has 0 spiro atoms. The van der Waals surface area contributed by atoms with Crippen molar-refractivity contribution in [3.8, 4) is 28.4 Å². The lowest BCUT2D eigenvalue weighted by molar-refractivity contribution is 0.296. The van der Waals surface area contributed by atoms with Gasteiger partial charge in [0.25, 0.3) is 5.56 Å². The number of benzene rings is 2. The lowest BCUT2D eigenvalue weighted by atomic mass is 10.0. The van der Waals surface area contributed by atoms with E-state index < -0.39 is 0 Å². The van der Waals surface area contributed by atoms with E-state index in [2.05, 4.69) is 9.97 Å². The second-order valence-electron chi connectivity index (χ2n) is 4.90. The summed E-state index contributed by atoms with van der Waals surface area (Å²) in [5.41, 5.74) is 3.25. The van der Waals surface area contributed by atoms with Gasteiger partial charge in [-0.2, -0.15) is 0 Å². The Labute approximate surface area is 121 Å². The number of nitrogens with zero attached hydrogens (tertiary/aromatic N) is 1. The Morgan fingerprint density at radius 3 is 2.62 bits per heavy atom. The molecule has 0 bridgehead atoms. The molecule has 0 amide bonds. The van der Waals surface area contributed by atoms with E-state index in [1.807, 2.05) is 54.6 Å². The molecule has 1 aliphatic rings. The van der Waals surface area contributed by atoms with Gasteiger partial charge in [0, 0.05) is 11.1 Å². The highest BCUT2D eigenvalue weighted by molar-refractivity contribution is 5.73. The van der Waals surface area contributed by atoms with Crippen LogP contribution in [-0.4, -0.2) is 9.97 Å². The molecule has 0 aliphatic carbocycles. The summed E-state index contributed by atoms with van der Waals surface area (Å²) in [7, 11) is 0. The maximum atomic E-state index is 12.2. The van der Waals surface area contributed by atoms with E-state index in [9.17, 15) is 4.79 Å². The van der Waals surface area contributed by atoms with Gasteiger partial charge in [-0.3, -0.25) is 4.79 Å². The summed E-state index contributed by atoms with van der Waals surface area (Å²) in [6, 6.07) is 17.5. The van der Waals surface area contributed by atoms with Gasteiger partial charge in [0.1, 0.15) is 18.1 Å². The lowest BCUT2D eigenvalue weighted by Crippen LogP contribution is -2.18. The first-order valence-corrected chi connectivity index (χ1v) is 6.74. The van der Waals surface area contributed by atoms with Crippen LogP contribution in [0.1, 0.15) is 5.56 Å². The zero-order chi connectivity index (χ0) is 14.2. The molecule has 0 atom stereocenters. The molecule has 0 unspecified atom stereocenters. The molecule has 4 heteroatoms. The highest BCUT2D eigenvalue weighted by Gasteiger charge is 2.22. The standard InChI is InChI=1S/C17H12N2O2/c20-17-15-14(13-9-5-4-8-12(13)10-21-15)18-16(19-17)11-6-2-1-3-7-11/h1-9H,10H2,(H,18,19,20). The molecule has 4 nitrogen and oxygen atoms in total. The summed E-state index contributed by atoms with van der Waals surface area (Å²) in [6.07, 6.45) is 0. The van der Waals surface area contributed by atoms with Gasteiger partial charge in [0.15, 0.2) is 0 Å². The number of ether oxygens (including phenoxy) is 1. The Hall–Kier alpha value is -2.88. The maximum absolute atomic E-state index is 12.2. The van der Waals surface area contributed by atoms with E-state index in [1.54, 1.807) is 0 Å². The molecule has 0 fully saturated rings. The van der Waals surface area contributed by atoms with Crippen molar-refractivity contribution in [2.75, 3.05) is 0 Å². The smallest absolute Gasteiger partial charge is 0.294 e. The summed E-state index contributed by atoms with van der Waals surface area (Å²) in [6.45, 7) is 0.401. The Morgan fingerprint density at radius 2 is 1.76 bits per heavy atom. The van der Waals surface area contributed by atoms with E-state index in [1.165, 1.54) is 0 Å². The third-order valence-corrected chi connectivity index (χ3v) is 3.57. The average Bonchev–Trinajstić information content (AvgIpc) is 2.55. The van der Waals surface area contributed by atoms with E-state index in [0.29, 0.717) is 23.9 Å². The van der Waals surface area contributed by atoms with Gasteiger partial charge in [-0.15, -0.1) is 0 Å². The van der Waals surface area contributed by atoms with Crippen LogP contribution in [0.15, 0.2) is 59.4 Å². The Morgan fingerprint density at radius 1 is 1.00 bits per heavy atom.